The van der Waals surface area contributed by atoms with Crippen LogP contribution in [0.25, 0.3) is 0 Å². The van der Waals surface area contributed by atoms with E-state index in [1.807, 2.05) is 0 Å². The van der Waals surface area contributed by atoms with Gasteiger partial charge in [-0.05, 0) is 25.7 Å². The summed E-state index contributed by atoms with van der Waals surface area (Å²) in [6.07, 6.45) is 1.09. The summed E-state index contributed by atoms with van der Waals surface area (Å²) >= 11 is 0. The van der Waals surface area contributed by atoms with Crippen molar-refractivity contribution in [1.29, 1.82) is 0 Å². The molecule has 80 valence electrons. The summed E-state index contributed by atoms with van der Waals surface area (Å²) in [6, 6.07) is 0. The lowest BCUT2D eigenvalue weighted by atomic mass is 9.58. The minimum absolute atomic E-state index is 0.175. The van der Waals surface area contributed by atoms with Crippen LogP contribution < -0.4 is 0 Å². The van der Waals surface area contributed by atoms with Gasteiger partial charge in [-0.2, -0.15) is 0 Å². The molecule has 0 amide bonds. The molecule has 0 aliphatic heterocycles. The van der Waals surface area contributed by atoms with E-state index < -0.39 is 0 Å². The van der Waals surface area contributed by atoms with Gasteiger partial charge in [-0.15, -0.1) is 0 Å². The lowest BCUT2D eigenvalue weighted by Gasteiger charge is -2.48. The number of hydrogen-bond acceptors (Lipinski definition) is 2. The minimum atomic E-state index is -0.175. The molecule has 1 aliphatic carbocycles. The second kappa shape index (κ2) is 3.76. The summed E-state index contributed by atoms with van der Waals surface area (Å²) in [5.41, 5.74) is 3.15. The Kier molecular flexibility index (Phi) is 3.03. The summed E-state index contributed by atoms with van der Waals surface area (Å²) < 4.78 is 5.05. The molecule has 0 N–H and O–H groups in total. The maximum Gasteiger partial charge on any atom is 0.302 e. The van der Waals surface area contributed by atoms with Crippen molar-refractivity contribution in [2.75, 3.05) is 6.61 Å². The third kappa shape index (κ3) is 1.99. The predicted molar refractivity (Wildman–Crippen MR) is 56.9 cm³/mol. The van der Waals surface area contributed by atoms with Crippen LogP contribution in [0, 0.1) is 11.3 Å². The summed E-state index contributed by atoms with van der Waals surface area (Å²) in [4.78, 5) is 10.7. The van der Waals surface area contributed by atoms with Crippen molar-refractivity contribution in [3.8, 4) is 0 Å². The highest BCUT2D eigenvalue weighted by atomic mass is 16.5. The number of ether oxygens (including phenoxy) is 1. The third-order valence-electron chi connectivity index (χ3n) is 3.34. The number of carbonyl (C=O) groups is 1. The maximum atomic E-state index is 10.7. The quantitative estimate of drug-likeness (QED) is 0.501. The molecular weight excluding hydrogens is 176 g/mol. The smallest absolute Gasteiger partial charge is 0.302 e. The summed E-state index contributed by atoms with van der Waals surface area (Å²) in [7, 11) is 0. The Morgan fingerprint density at radius 2 is 2.00 bits per heavy atom. The van der Waals surface area contributed by atoms with Gasteiger partial charge in [-0.1, -0.05) is 25.0 Å². The van der Waals surface area contributed by atoms with Crippen LogP contribution in [0.4, 0.5) is 0 Å². The highest BCUT2D eigenvalue weighted by Gasteiger charge is 2.44. The minimum Gasteiger partial charge on any atom is -0.466 e. The SMILES string of the molecule is CC(=O)OCC1CC(=C(C)C)C1(C)C. The zero-order valence-electron chi connectivity index (χ0n) is 9.81. The van der Waals surface area contributed by atoms with Crippen LogP contribution in [-0.2, 0) is 9.53 Å². The molecule has 0 saturated heterocycles. The molecule has 0 aromatic heterocycles. The highest BCUT2D eigenvalue weighted by molar-refractivity contribution is 5.65. The van der Waals surface area contributed by atoms with Gasteiger partial charge in [0, 0.05) is 12.8 Å². The van der Waals surface area contributed by atoms with Crippen molar-refractivity contribution in [1.82, 2.24) is 0 Å². The molecule has 0 bridgehead atoms. The normalized spacial score (nSPS) is 24.1. The van der Waals surface area contributed by atoms with Gasteiger partial charge < -0.3 is 4.74 Å². The molecule has 1 aliphatic rings. The fourth-order valence-corrected chi connectivity index (χ4v) is 2.21. The highest BCUT2D eigenvalue weighted by Crippen LogP contribution is 2.52. The predicted octanol–water partition coefficient (Wildman–Crippen LogP) is 2.93. The van der Waals surface area contributed by atoms with E-state index in [1.54, 1.807) is 0 Å². The Hall–Kier alpha value is -0.790. The number of hydrogen-bond donors (Lipinski definition) is 0. The Morgan fingerprint density at radius 3 is 2.36 bits per heavy atom. The van der Waals surface area contributed by atoms with E-state index in [2.05, 4.69) is 27.7 Å². The molecule has 0 aromatic rings. The zero-order chi connectivity index (χ0) is 10.9. The number of carbonyl (C=O) groups excluding carboxylic acids is 1. The van der Waals surface area contributed by atoms with E-state index in [4.69, 9.17) is 4.74 Å². The zero-order valence-corrected chi connectivity index (χ0v) is 9.81. The monoisotopic (exact) mass is 196 g/mol. The Labute approximate surface area is 86.3 Å². The van der Waals surface area contributed by atoms with Gasteiger partial charge in [0.1, 0.15) is 0 Å². The lowest BCUT2D eigenvalue weighted by molar-refractivity contribution is -0.144. The fourth-order valence-electron chi connectivity index (χ4n) is 2.21. The van der Waals surface area contributed by atoms with Crippen LogP contribution in [0.5, 0.6) is 0 Å². The second-order valence-corrected chi connectivity index (χ2v) is 4.90. The first-order valence-electron chi connectivity index (χ1n) is 5.16. The summed E-state index contributed by atoms with van der Waals surface area (Å²) in [5, 5.41) is 0. The van der Waals surface area contributed by atoms with Crippen molar-refractivity contribution in [3.05, 3.63) is 11.1 Å². The van der Waals surface area contributed by atoms with Gasteiger partial charge in [0.2, 0.25) is 0 Å². The van der Waals surface area contributed by atoms with Gasteiger partial charge in [-0.25, -0.2) is 0 Å². The molecule has 0 spiro atoms. The number of esters is 1. The Balaban J connectivity index is 2.55. The second-order valence-electron chi connectivity index (χ2n) is 4.90. The molecular formula is C12H20O2. The van der Waals surface area contributed by atoms with Crippen molar-refractivity contribution >= 4 is 5.97 Å². The van der Waals surface area contributed by atoms with Crippen molar-refractivity contribution in [3.63, 3.8) is 0 Å². The third-order valence-corrected chi connectivity index (χ3v) is 3.34. The van der Waals surface area contributed by atoms with E-state index in [1.165, 1.54) is 18.1 Å². The van der Waals surface area contributed by atoms with Gasteiger partial charge in [0.25, 0.3) is 0 Å². The molecule has 14 heavy (non-hydrogen) atoms. The molecule has 1 saturated carbocycles. The van der Waals surface area contributed by atoms with Gasteiger partial charge in [0.05, 0.1) is 6.61 Å². The van der Waals surface area contributed by atoms with Crippen LogP contribution in [0.3, 0.4) is 0 Å². The van der Waals surface area contributed by atoms with E-state index in [-0.39, 0.29) is 11.4 Å². The van der Waals surface area contributed by atoms with Crippen LogP contribution in [0.1, 0.15) is 41.0 Å². The molecule has 1 unspecified atom stereocenters. The average Bonchev–Trinajstić information content (AvgIpc) is 2.00. The largest absolute Gasteiger partial charge is 0.466 e. The lowest BCUT2D eigenvalue weighted by Crippen LogP contribution is -2.41. The molecule has 1 atom stereocenters. The van der Waals surface area contributed by atoms with E-state index in [0.29, 0.717) is 12.5 Å². The van der Waals surface area contributed by atoms with Crippen LogP contribution in [0.15, 0.2) is 11.1 Å². The molecule has 0 aromatic carbocycles. The standard InChI is InChI=1S/C12H20O2/c1-8(2)11-6-10(12(11,4)5)7-14-9(3)13/h10H,6-7H2,1-5H3. The van der Waals surface area contributed by atoms with Gasteiger partial charge in [0.15, 0.2) is 0 Å². The van der Waals surface area contributed by atoms with E-state index in [9.17, 15) is 4.79 Å². The Morgan fingerprint density at radius 1 is 1.43 bits per heavy atom. The van der Waals surface area contributed by atoms with E-state index >= 15 is 0 Å². The Bertz CT molecular complexity index is 270. The molecule has 0 heterocycles. The molecule has 2 nitrogen and oxygen atoms in total. The number of allylic oxidation sites excluding steroid dienone is 2. The van der Waals surface area contributed by atoms with Crippen molar-refractivity contribution in [2.45, 2.75) is 41.0 Å². The van der Waals surface area contributed by atoms with Crippen molar-refractivity contribution < 1.29 is 9.53 Å². The molecule has 1 rings (SSSR count). The van der Waals surface area contributed by atoms with Gasteiger partial charge in [-0.3, -0.25) is 4.79 Å². The first-order valence-corrected chi connectivity index (χ1v) is 5.16. The summed E-state index contributed by atoms with van der Waals surface area (Å²) in [6.45, 7) is 10.8. The van der Waals surface area contributed by atoms with Crippen molar-refractivity contribution in [2.24, 2.45) is 11.3 Å². The average molecular weight is 196 g/mol. The van der Waals surface area contributed by atoms with Crippen LogP contribution >= 0.6 is 0 Å². The molecule has 1 fully saturated rings. The maximum absolute atomic E-state index is 10.7. The fraction of sp³-hybridized carbons (Fsp3) is 0.750. The topological polar surface area (TPSA) is 26.3 Å². The molecule has 2 heteroatoms. The first kappa shape index (κ1) is 11.3. The van der Waals surface area contributed by atoms with Gasteiger partial charge >= 0.3 is 5.97 Å². The molecule has 0 radical (unpaired) electrons. The number of rotatable bonds is 2. The van der Waals surface area contributed by atoms with E-state index in [0.717, 1.165) is 6.42 Å². The van der Waals surface area contributed by atoms with Crippen LogP contribution in [0.2, 0.25) is 0 Å². The summed E-state index contributed by atoms with van der Waals surface area (Å²) in [5.74, 6) is 0.322. The first-order chi connectivity index (χ1) is 6.35. The van der Waals surface area contributed by atoms with Crippen LogP contribution in [-0.4, -0.2) is 12.6 Å².